The molecule has 0 N–H and O–H groups in total. The van der Waals surface area contributed by atoms with E-state index in [9.17, 15) is 4.57 Å². The summed E-state index contributed by atoms with van der Waals surface area (Å²) in [5, 5.41) is 0. The zero-order valence-corrected chi connectivity index (χ0v) is 12.4. The van der Waals surface area contributed by atoms with Gasteiger partial charge in [-0.05, 0) is 25.0 Å². The molecule has 2 aliphatic heterocycles. The summed E-state index contributed by atoms with van der Waals surface area (Å²) in [7, 11) is -2.84. The number of benzene rings is 1. The Hall–Kier alpha value is -0.830. The lowest BCUT2D eigenvalue weighted by Crippen LogP contribution is -2.14. The van der Waals surface area contributed by atoms with E-state index in [0.717, 1.165) is 25.9 Å². The summed E-state index contributed by atoms with van der Waals surface area (Å²) < 4.78 is 23.3. The van der Waals surface area contributed by atoms with Gasteiger partial charge in [-0.1, -0.05) is 32.0 Å². The van der Waals surface area contributed by atoms with E-state index in [1.807, 2.05) is 39.7 Å². The molecule has 0 spiro atoms. The van der Waals surface area contributed by atoms with Crippen molar-refractivity contribution in [2.24, 2.45) is 0 Å². The van der Waals surface area contributed by atoms with Crippen LogP contribution < -0.4 is 4.52 Å². The third-order valence-electron chi connectivity index (χ3n) is 3.93. The van der Waals surface area contributed by atoms with Gasteiger partial charge in [0.15, 0.2) is 0 Å². The van der Waals surface area contributed by atoms with Crippen LogP contribution in [0.1, 0.15) is 26.7 Å². The first kappa shape index (κ1) is 13.2. The fourth-order valence-electron chi connectivity index (χ4n) is 2.51. The molecular weight excluding hydrogens is 259 g/mol. The summed E-state index contributed by atoms with van der Waals surface area (Å²) in [4.78, 5) is 0. The smallest absolute Gasteiger partial charge is 0.396 e. The minimum Gasteiger partial charge on any atom is -0.422 e. The van der Waals surface area contributed by atoms with Crippen molar-refractivity contribution in [2.45, 2.75) is 38.8 Å². The molecule has 0 amide bonds. The van der Waals surface area contributed by atoms with E-state index < -0.39 is 7.67 Å². The summed E-state index contributed by atoms with van der Waals surface area (Å²) in [5.41, 5.74) is 0. The quantitative estimate of drug-likeness (QED) is 0.591. The SMILES string of the molecule is CCC1CN1P(=O)(Oc1ccccc1)N1CC1CC. The van der Waals surface area contributed by atoms with Crippen molar-refractivity contribution in [1.29, 1.82) is 0 Å². The second kappa shape index (κ2) is 4.93. The van der Waals surface area contributed by atoms with Crippen LogP contribution >= 0.6 is 7.67 Å². The topological polar surface area (TPSA) is 32.3 Å². The Bertz CT molecular complexity index is 471. The van der Waals surface area contributed by atoms with E-state index in [1.54, 1.807) is 0 Å². The first-order valence-electron chi connectivity index (χ1n) is 7.08. The molecule has 1 aromatic carbocycles. The number of hydrogen-bond acceptors (Lipinski definition) is 2. The van der Waals surface area contributed by atoms with E-state index >= 15 is 0 Å². The van der Waals surface area contributed by atoms with Gasteiger partial charge < -0.3 is 4.52 Å². The van der Waals surface area contributed by atoms with Gasteiger partial charge in [0.05, 0.1) is 0 Å². The van der Waals surface area contributed by atoms with E-state index in [1.165, 1.54) is 0 Å². The fraction of sp³-hybridized carbons (Fsp3) is 0.571. The zero-order valence-electron chi connectivity index (χ0n) is 11.5. The van der Waals surface area contributed by atoms with Crippen molar-refractivity contribution in [3.05, 3.63) is 30.3 Å². The predicted octanol–water partition coefficient (Wildman–Crippen LogP) is 3.36. The van der Waals surface area contributed by atoms with Gasteiger partial charge in [0.1, 0.15) is 5.75 Å². The summed E-state index contributed by atoms with van der Waals surface area (Å²) in [6, 6.07) is 10.4. The van der Waals surface area contributed by atoms with Crippen molar-refractivity contribution in [2.75, 3.05) is 13.1 Å². The number of para-hydroxylation sites is 1. The van der Waals surface area contributed by atoms with Crippen LogP contribution in [0.15, 0.2) is 30.3 Å². The minimum atomic E-state index is -2.84. The first-order chi connectivity index (χ1) is 9.19. The number of rotatable bonds is 6. The third kappa shape index (κ3) is 2.45. The molecule has 3 rings (SSSR count). The van der Waals surface area contributed by atoms with Gasteiger partial charge >= 0.3 is 7.67 Å². The molecule has 5 heteroatoms. The van der Waals surface area contributed by atoms with Gasteiger partial charge in [-0.2, -0.15) is 0 Å². The molecule has 0 radical (unpaired) electrons. The highest BCUT2D eigenvalue weighted by Crippen LogP contribution is 2.65. The van der Waals surface area contributed by atoms with Crippen molar-refractivity contribution in [3.8, 4) is 5.75 Å². The van der Waals surface area contributed by atoms with Crippen LogP contribution in [-0.2, 0) is 4.57 Å². The Labute approximate surface area is 114 Å². The van der Waals surface area contributed by atoms with Crippen LogP contribution in [0.3, 0.4) is 0 Å². The van der Waals surface area contributed by atoms with Gasteiger partial charge in [0.25, 0.3) is 0 Å². The van der Waals surface area contributed by atoms with E-state index in [2.05, 4.69) is 13.8 Å². The van der Waals surface area contributed by atoms with Crippen LogP contribution in [0.25, 0.3) is 0 Å². The summed E-state index contributed by atoms with van der Waals surface area (Å²) in [6.07, 6.45) is 2.07. The average molecular weight is 280 g/mol. The third-order valence-corrected chi connectivity index (χ3v) is 6.66. The summed E-state index contributed by atoms with van der Waals surface area (Å²) in [5.74, 6) is 0.703. The van der Waals surface area contributed by atoms with Crippen molar-refractivity contribution >= 4 is 7.67 Å². The molecular formula is C14H21N2O2P. The molecule has 104 valence electrons. The predicted molar refractivity (Wildman–Crippen MR) is 76.2 cm³/mol. The molecule has 2 heterocycles. The van der Waals surface area contributed by atoms with Crippen molar-refractivity contribution < 1.29 is 9.09 Å². The second-order valence-electron chi connectivity index (χ2n) is 5.26. The molecule has 2 aliphatic rings. The van der Waals surface area contributed by atoms with Crippen LogP contribution in [-0.4, -0.2) is 34.5 Å². The molecule has 0 aromatic heterocycles. The minimum absolute atomic E-state index is 0.424. The van der Waals surface area contributed by atoms with Gasteiger partial charge in [-0.15, -0.1) is 0 Å². The lowest BCUT2D eigenvalue weighted by atomic mass is 10.3. The Balaban J connectivity index is 1.80. The van der Waals surface area contributed by atoms with E-state index in [-0.39, 0.29) is 0 Å². The molecule has 4 atom stereocenters. The highest BCUT2D eigenvalue weighted by atomic mass is 31.2. The lowest BCUT2D eigenvalue weighted by molar-refractivity contribution is 0.395. The molecule has 4 nitrogen and oxygen atoms in total. The zero-order chi connectivity index (χ0) is 13.5. The van der Waals surface area contributed by atoms with Crippen molar-refractivity contribution in [3.63, 3.8) is 0 Å². The molecule has 0 bridgehead atoms. The maximum Gasteiger partial charge on any atom is 0.396 e. The van der Waals surface area contributed by atoms with Gasteiger partial charge in [-0.25, -0.2) is 13.9 Å². The molecule has 2 saturated heterocycles. The summed E-state index contributed by atoms with van der Waals surface area (Å²) in [6.45, 7) is 6.06. The highest BCUT2D eigenvalue weighted by Gasteiger charge is 2.58. The Kier molecular flexibility index (Phi) is 3.42. The Morgan fingerprint density at radius 2 is 1.63 bits per heavy atom. The van der Waals surface area contributed by atoms with E-state index in [0.29, 0.717) is 17.8 Å². The second-order valence-corrected chi connectivity index (χ2v) is 7.45. The Morgan fingerprint density at radius 1 is 1.11 bits per heavy atom. The first-order valence-corrected chi connectivity index (χ1v) is 8.61. The Morgan fingerprint density at radius 3 is 2.05 bits per heavy atom. The number of nitrogens with zero attached hydrogens (tertiary/aromatic N) is 2. The van der Waals surface area contributed by atoms with Crippen LogP contribution in [0.5, 0.6) is 5.75 Å². The maximum absolute atomic E-state index is 13.3. The molecule has 1 aromatic rings. The monoisotopic (exact) mass is 280 g/mol. The average Bonchev–Trinajstić information content (AvgIpc) is 3.31. The largest absolute Gasteiger partial charge is 0.422 e. The standard InChI is InChI=1S/C14H21N2O2P/c1-3-12-10-15(12)19(17,16-11-13(16)4-2)18-14-8-6-5-7-9-14/h5-9,12-13H,3-4,10-11H2,1-2H3. The lowest BCUT2D eigenvalue weighted by Gasteiger charge is -2.22. The fourth-order valence-corrected chi connectivity index (χ4v) is 5.35. The summed E-state index contributed by atoms with van der Waals surface area (Å²) >= 11 is 0. The van der Waals surface area contributed by atoms with Crippen LogP contribution in [0, 0.1) is 0 Å². The van der Waals surface area contributed by atoms with Crippen LogP contribution in [0.2, 0.25) is 0 Å². The van der Waals surface area contributed by atoms with Gasteiger partial charge in [-0.3, -0.25) is 0 Å². The molecule has 0 saturated carbocycles. The van der Waals surface area contributed by atoms with Gasteiger partial charge in [0, 0.05) is 25.2 Å². The molecule has 19 heavy (non-hydrogen) atoms. The molecule has 2 fully saturated rings. The normalized spacial score (nSPS) is 35.5. The van der Waals surface area contributed by atoms with E-state index in [4.69, 9.17) is 4.52 Å². The van der Waals surface area contributed by atoms with Crippen molar-refractivity contribution in [1.82, 2.24) is 9.34 Å². The maximum atomic E-state index is 13.3. The van der Waals surface area contributed by atoms with Crippen LogP contribution in [0.4, 0.5) is 0 Å². The molecule has 0 aliphatic carbocycles. The highest BCUT2D eigenvalue weighted by molar-refractivity contribution is 7.55. The molecule has 4 unspecified atom stereocenters. The van der Waals surface area contributed by atoms with Gasteiger partial charge in [0.2, 0.25) is 0 Å². The number of hydrogen-bond donors (Lipinski definition) is 0.